The first-order chi connectivity index (χ1) is 14.7. The van der Waals surface area contributed by atoms with E-state index in [0.29, 0.717) is 11.0 Å². The van der Waals surface area contributed by atoms with Crippen LogP contribution < -0.4 is 70.4 Å². The van der Waals surface area contributed by atoms with Gasteiger partial charge in [0.05, 0.1) is 24.2 Å². The van der Waals surface area contributed by atoms with Gasteiger partial charge in [0.2, 0.25) is 0 Å². The largest absolute Gasteiger partial charge is 1.00 e. The van der Waals surface area contributed by atoms with Crippen LogP contribution in [0, 0.1) is 13.8 Å². The molecule has 1 aromatic carbocycles. The Labute approximate surface area is 237 Å². The first-order valence-corrected chi connectivity index (χ1v) is 10.3. The van der Waals surface area contributed by atoms with Crippen LogP contribution in [0.1, 0.15) is 11.1 Å². The number of hydrogen-bond donors (Lipinski definition) is 5. The predicted molar refractivity (Wildman–Crippen MR) is 106 cm³/mol. The van der Waals surface area contributed by atoms with Crippen LogP contribution in [-0.2, 0) is 16.9 Å². The number of rotatable bonds is 5. The molecule has 0 unspecified atom stereocenters. The fourth-order valence-electron chi connectivity index (χ4n) is 2.89. The first-order valence-electron chi connectivity index (χ1n) is 8.96. The summed E-state index contributed by atoms with van der Waals surface area (Å²) >= 11 is 0. The maximum Gasteiger partial charge on any atom is 1.00 e. The zero-order chi connectivity index (χ0) is 24.4. The third kappa shape index (κ3) is 8.70. The Morgan fingerprint density at radius 3 is 2.09 bits per heavy atom. The van der Waals surface area contributed by atoms with Crippen molar-refractivity contribution in [2.24, 2.45) is 0 Å². The minimum atomic E-state index is -5.17. The molecule has 17 heteroatoms. The van der Waals surface area contributed by atoms with Crippen molar-refractivity contribution in [3.8, 4) is 11.5 Å². The van der Waals surface area contributed by atoms with Gasteiger partial charge in [-0.05, 0) is 37.1 Å². The van der Waals surface area contributed by atoms with Crippen molar-refractivity contribution in [3.63, 3.8) is 0 Å². The Kier molecular flexibility index (Phi) is 13.2. The van der Waals surface area contributed by atoms with E-state index in [0.717, 1.165) is 11.1 Å². The number of aromatic amines is 1. The van der Waals surface area contributed by atoms with Gasteiger partial charge in [0.15, 0.2) is 11.5 Å². The number of aliphatic hydroxyl groups is 4. The van der Waals surface area contributed by atoms with Gasteiger partial charge in [0.25, 0.3) is 5.56 Å². The molecule has 0 amide bonds. The molecule has 0 bridgehead atoms. The second-order valence-electron chi connectivity index (χ2n) is 6.91. The summed E-state index contributed by atoms with van der Waals surface area (Å²) in [5.41, 5.74) is 1.11. The summed E-state index contributed by atoms with van der Waals surface area (Å²) in [6.07, 6.45) is -4.68. The van der Waals surface area contributed by atoms with Crippen LogP contribution in [0.15, 0.2) is 21.7 Å². The molecule has 0 spiro atoms. The van der Waals surface area contributed by atoms with Gasteiger partial charge in [0.1, 0.15) is 18.3 Å². The third-order valence-electron chi connectivity index (χ3n) is 4.57. The van der Waals surface area contributed by atoms with Crippen molar-refractivity contribution in [1.29, 1.82) is 0 Å². The van der Waals surface area contributed by atoms with Crippen LogP contribution >= 0.6 is 0 Å². The van der Waals surface area contributed by atoms with E-state index in [9.17, 15) is 24.9 Å². The van der Waals surface area contributed by atoms with Crippen LogP contribution in [0.5, 0.6) is 0 Å². The summed E-state index contributed by atoms with van der Waals surface area (Å²) in [6, 6.07) is 3.53. The van der Waals surface area contributed by atoms with Crippen LogP contribution in [0.3, 0.4) is 0 Å². The molecule has 2 heterocycles. The second kappa shape index (κ2) is 13.5. The maximum absolute atomic E-state index is 12.2. The minimum absolute atomic E-state index is 0. The van der Waals surface area contributed by atoms with E-state index >= 15 is 0 Å². The number of aromatic nitrogens is 4. The van der Waals surface area contributed by atoms with Crippen molar-refractivity contribution >= 4 is 21.4 Å². The predicted octanol–water partition coefficient (Wildman–Crippen LogP) is -9.05. The number of nitrogens with one attached hydrogen (secondary N) is 1. The molecule has 3 rings (SSSR count). The summed E-state index contributed by atoms with van der Waals surface area (Å²) in [5.74, 6) is -0.0516. The van der Waals surface area contributed by atoms with Gasteiger partial charge in [0, 0.05) is 10.4 Å². The van der Waals surface area contributed by atoms with Gasteiger partial charge in [-0.1, -0.05) is 0 Å². The summed E-state index contributed by atoms with van der Waals surface area (Å²) in [6.45, 7) is 2.73. The number of nitrogens with zero attached hydrogens (tertiary/aromatic N) is 3. The minimum Gasteiger partial charge on any atom is -0.759 e. The first kappa shape index (κ1) is 33.2. The topological polar surface area (TPSA) is 242 Å². The van der Waals surface area contributed by atoms with E-state index in [-0.39, 0.29) is 77.2 Å². The maximum atomic E-state index is 12.2. The van der Waals surface area contributed by atoms with E-state index in [2.05, 4.69) is 15.0 Å². The quantitative estimate of drug-likeness (QED) is 0.0915. The van der Waals surface area contributed by atoms with Crippen LogP contribution in [-0.4, -0.2) is 82.4 Å². The molecule has 1 aromatic rings. The molecule has 34 heavy (non-hydrogen) atoms. The van der Waals surface area contributed by atoms with Crippen molar-refractivity contribution in [1.82, 2.24) is 19.5 Å². The number of benzene rings is 1. The molecule has 0 radical (unpaired) electrons. The monoisotopic (exact) mass is 518 g/mol. The summed E-state index contributed by atoms with van der Waals surface area (Å²) in [4.78, 5) is 34.0. The molecule has 0 saturated heterocycles. The van der Waals surface area contributed by atoms with E-state index < -0.39 is 46.6 Å². The zero-order valence-corrected chi connectivity index (χ0v) is 23.6. The molecule has 176 valence electrons. The molecule has 0 saturated carbocycles. The standard InChI is InChI=1S/C17H20N4O6.2Na.H2O4S/c1-7-3-9-10(4-8(7)2)21(5-11(23)14(25)12(24)6-22)15-13(18-9)16(26)20-17(27)19-15;;;1-5(2,3)4/h3-4,11-12,14,22-25H,5-6H2,1-2H3,(H,20,26,27);;;(H2,1,2,3,4)/q;2*+1;/p-2/t11-,12+,14-;;;/m1.../s1. The molecule has 2 aliphatic heterocycles. The average molecular weight is 518 g/mol. The number of fused-ring (bicyclic) bond motifs is 2. The van der Waals surface area contributed by atoms with E-state index in [1.807, 2.05) is 13.8 Å². The summed E-state index contributed by atoms with van der Waals surface area (Å²) < 4.78 is 35.5. The van der Waals surface area contributed by atoms with E-state index in [1.54, 1.807) is 12.1 Å². The third-order valence-corrected chi connectivity index (χ3v) is 4.57. The molecule has 0 fully saturated rings. The average Bonchev–Trinajstić information content (AvgIpc) is 2.67. The fourth-order valence-corrected chi connectivity index (χ4v) is 2.89. The Hall–Kier alpha value is -0.790. The number of hydrogen-bond acceptors (Lipinski definition) is 12. The SMILES string of the molecule is Cc1cc2nc3c(=O)[nH]c(=O)nc-3n(C[C@@H](O)[C@@H](O)[C@@H](O)CO)c2cc1C.O=S(=O)([O-])[O-].[Na+].[Na+]. The van der Waals surface area contributed by atoms with Crippen LogP contribution in [0.2, 0.25) is 0 Å². The smallest absolute Gasteiger partial charge is 0.759 e. The molecule has 5 N–H and O–H groups in total. The zero-order valence-electron chi connectivity index (χ0n) is 18.8. The molecule has 3 atom stereocenters. The van der Waals surface area contributed by atoms with Crippen LogP contribution in [0.4, 0.5) is 0 Å². The van der Waals surface area contributed by atoms with Gasteiger partial charge in [-0.25, -0.2) is 9.78 Å². The van der Waals surface area contributed by atoms with Gasteiger partial charge >= 0.3 is 64.8 Å². The van der Waals surface area contributed by atoms with Gasteiger partial charge < -0.3 is 34.1 Å². The fraction of sp³-hybridized carbons (Fsp3) is 0.412. The molecular weight excluding hydrogens is 498 g/mol. The molecular formula is C17H20N4Na2O10S. The van der Waals surface area contributed by atoms with E-state index in [1.165, 1.54) is 4.57 Å². The van der Waals surface area contributed by atoms with Gasteiger partial charge in [-0.3, -0.25) is 18.2 Å². The summed E-state index contributed by atoms with van der Waals surface area (Å²) in [5, 5.41) is 38.8. The Morgan fingerprint density at radius 2 is 1.56 bits per heavy atom. The second-order valence-corrected chi connectivity index (χ2v) is 7.72. The van der Waals surface area contributed by atoms with Gasteiger partial charge in [-0.2, -0.15) is 4.98 Å². The number of aliphatic hydroxyl groups excluding tert-OH is 4. The van der Waals surface area contributed by atoms with Crippen LogP contribution in [0.25, 0.3) is 22.6 Å². The Bertz CT molecular complexity index is 1310. The molecule has 2 aliphatic rings. The summed E-state index contributed by atoms with van der Waals surface area (Å²) in [7, 11) is -5.17. The van der Waals surface area contributed by atoms with Crippen molar-refractivity contribution in [3.05, 3.63) is 44.1 Å². The molecule has 0 aromatic heterocycles. The van der Waals surface area contributed by atoms with Crippen molar-refractivity contribution < 1.29 is 97.1 Å². The number of H-pyrrole nitrogens is 1. The molecule has 0 aliphatic carbocycles. The number of aryl methyl sites for hydroxylation is 2. The van der Waals surface area contributed by atoms with Crippen molar-refractivity contribution in [2.45, 2.75) is 38.7 Å². The van der Waals surface area contributed by atoms with Gasteiger partial charge in [-0.15, -0.1) is 0 Å². The molecule has 14 nitrogen and oxygen atoms in total. The Morgan fingerprint density at radius 1 is 1.03 bits per heavy atom. The normalized spacial score (nSPS) is 13.8. The van der Waals surface area contributed by atoms with Crippen molar-refractivity contribution in [2.75, 3.05) is 6.61 Å². The van der Waals surface area contributed by atoms with E-state index in [4.69, 9.17) is 22.6 Å². The Balaban J connectivity index is 0.00000141.